The number of fused-ring (bicyclic) bond motifs is 2. The molecule has 5 rings (SSSR count). The maximum Gasteiger partial charge on any atom is 0.303 e. The fourth-order valence-electron chi connectivity index (χ4n) is 12.2. The third-order valence-corrected chi connectivity index (χ3v) is 14.4. The lowest BCUT2D eigenvalue weighted by molar-refractivity contribution is -0.184. The number of epoxide rings is 1. The van der Waals surface area contributed by atoms with Gasteiger partial charge < -0.3 is 18.9 Å². The molecule has 0 radical (unpaired) electrons. The molecule has 0 aromatic carbocycles. The molecule has 0 bridgehead atoms. The Morgan fingerprint density at radius 3 is 2.07 bits per heavy atom. The van der Waals surface area contributed by atoms with E-state index in [0.717, 1.165) is 44.9 Å². The maximum absolute atomic E-state index is 12.0. The monoisotopic (exact) mass is 602 g/mol. The first-order valence-electron chi connectivity index (χ1n) is 17.0. The highest BCUT2D eigenvalue weighted by Crippen LogP contribution is 2.86. The minimum Gasteiger partial charge on any atom is -0.462 e. The normalized spacial score (nSPS) is 44.0. The zero-order valence-corrected chi connectivity index (χ0v) is 28.8. The lowest BCUT2D eigenvalue weighted by Gasteiger charge is -2.64. The molecule has 10 atom stereocenters. The highest BCUT2D eigenvalue weighted by molar-refractivity contribution is 5.67. The van der Waals surface area contributed by atoms with Crippen molar-refractivity contribution < 1.29 is 33.3 Å². The Morgan fingerprint density at radius 2 is 1.47 bits per heavy atom. The quantitative estimate of drug-likeness (QED) is 0.161. The molecule has 0 aromatic heterocycles. The van der Waals surface area contributed by atoms with Gasteiger partial charge in [0.05, 0.1) is 0 Å². The Bertz CT molecular complexity index is 1160. The van der Waals surface area contributed by atoms with Crippen LogP contribution in [0.15, 0.2) is 0 Å². The van der Waals surface area contributed by atoms with Crippen LogP contribution >= 0.6 is 0 Å². The van der Waals surface area contributed by atoms with Crippen molar-refractivity contribution in [2.45, 2.75) is 169 Å². The van der Waals surface area contributed by atoms with E-state index in [1.54, 1.807) is 0 Å². The van der Waals surface area contributed by atoms with Crippen LogP contribution in [-0.4, -0.2) is 46.9 Å². The van der Waals surface area contributed by atoms with E-state index in [2.05, 4.69) is 41.5 Å². The van der Waals surface area contributed by atoms with Gasteiger partial charge in [-0.05, 0) is 101 Å². The molecule has 1 saturated heterocycles. The van der Waals surface area contributed by atoms with Crippen molar-refractivity contribution in [2.75, 3.05) is 0 Å². The summed E-state index contributed by atoms with van der Waals surface area (Å²) >= 11 is 0. The van der Waals surface area contributed by atoms with Gasteiger partial charge in [0.1, 0.15) is 29.0 Å². The average Bonchev–Trinajstić information content (AvgIpc) is 3.51. The van der Waals surface area contributed by atoms with E-state index in [0.29, 0.717) is 24.2 Å². The molecule has 5 aliphatic rings. The van der Waals surface area contributed by atoms with Gasteiger partial charge in [0, 0.05) is 37.0 Å². The minimum absolute atomic E-state index is 0.0338. The van der Waals surface area contributed by atoms with E-state index in [4.69, 9.17) is 18.9 Å². The lowest BCUT2D eigenvalue weighted by Crippen LogP contribution is -2.66. The molecule has 1 aliphatic heterocycles. The van der Waals surface area contributed by atoms with E-state index in [-0.39, 0.29) is 56.9 Å². The summed E-state index contributed by atoms with van der Waals surface area (Å²) < 4.78 is 24.5. The summed E-state index contributed by atoms with van der Waals surface area (Å²) in [7, 11) is 0. The Balaban J connectivity index is 1.36. The lowest BCUT2D eigenvalue weighted by atomic mass is 9.38. The standard InChI is InChI=1S/C36H58O7/c1-22(12-13-29(41-24(3)38)31(7,8)42-25(4)39)26-14-18-34(11)32(26,9)20-21-35-33(10)17-16-28(40-23(2)37)30(5,6)27(33)15-19-36(34,35)43-35/h22,26-29H,12-21H2,1-11H3/t22?,26?,27-,28-,29?,32+,33-,34+,35?,36?/m0/s1. The van der Waals surface area contributed by atoms with Crippen molar-refractivity contribution in [1.82, 2.24) is 0 Å². The van der Waals surface area contributed by atoms with Crippen LogP contribution in [0.2, 0.25) is 0 Å². The molecule has 0 aromatic rings. The molecule has 0 N–H and O–H groups in total. The highest BCUT2D eigenvalue weighted by Gasteiger charge is 2.90. The highest BCUT2D eigenvalue weighted by atomic mass is 16.6. The largest absolute Gasteiger partial charge is 0.462 e. The van der Waals surface area contributed by atoms with Crippen LogP contribution < -0.4 is 0 Å². The third-order valence-electron chi connectivity index (χ3n) is 14.4. The molecule has 1 heterocycles. The molecule has 4 aliphatic carbocycles. The SMILES string of the molecule is CC(=O)OC(CCC(C)C1CC[C@@]2(C)C34CC[C@H]5C(C)(C)[C@@H](OC(C)=O)CC[C@]5(C)C3(CC[C@]12C)O4)C(C)(C)OC(C)=O. The first kappa shape index (κ1) is 32.8. The molecule has 7 heteroatoms. The predicted octanol–water partition coefficient (Wildman–Crippen LogP) is 7.57. The number of hydrogen-bond donors (Lipinski definition) is 0. The minimum atomic E-state index is -0.882. The smallest absolute Gasteiger partial charge is 0.303 e. The molecule has 4 saturated carbocycles. The van der Waals surface area contributed by atoms with E-state index in [9.17, 15) is 14.4 Å². The predicted molar refractivity (Wildman–Crippen MR) is 164 cm³/mol. The molecule has 7 nitrogen and oxygen atoms in total. The van der Waals surface area contributed by atoms with Crippen LogP contribution in [-0.2, 0) is 33.3 Å². The van der Waals surface area contributed by atoms with Gasteiger partial charge in [-0.1, -0.05) is 41.5 Å². The second kappa shape index (κ2) is 10.2. The molecular weight excluding hydrogens is 544 g/mol. The fraction of sp³-hybridized carbons (Fsp3) is 0.917. The number of ether oxygens (including phenoxy) is 4. The van der Waals surface area contributed by atoms with Crippen LogP contribution in [0.3, 0.4) is 0 Å². The molecule has 0 amide bonds. The first-order valence-corrected chi connectivity index (χ1v) is 17.0. The van der Waals surface area contributed by atoms with Crippen molar-refractivity contribution in [3.8, 4) is 0 Å². The van der Waals surface area contributed by atoms with Gasteiger partial charge in [-0.3, -0.25) is 14.4 Å². The van der Waals surface area contributed by atoms with Crippen LogP contribution in [0.1, 0.15) is 140 Å². The number of carbonyl (C=O) groups excluding carboxylic acids is 3. The summed E-state index contributed by atoms with van der Waals surface area (Å²) in [5.74, 6) is 0.554. The molecule has 43 heavy (non-hydrogen) atoms. The fourth-order valence-corrected chi connectivity index (χ4v) is 12.2. The Hall–Kier alpha value is -1.63. The molecule has 5 unspecified atom stereocenters. The van der Waals surface area contributed by atoms with Gasteiger partial charge in [0.25, 0.3) is 0 Å². The van der Waals surface area contributed by atoms with E-state index in [1.807, 2.05) is 13.8 Å². The summed E-state index contributed by atoms with van der Waals surface area (Å²) in [5, 5.41) is 0. The van der Waals surface area contributed by atoms with Crippen LogP contribution in [0.5, 0.6) is 0 Å². The first-order chi connectivity index (χ1) is 19.7. The second-order valence-electron chi connectivity index (χ2n) is 17.0. The zero-order chi connectivity index (χ0) is 32.0. The molecule has 244 valence electrons. The van der Waals surface area contributed by atoms with Gasteiger partial charge in [-0.15, -0.1) is 0 Å². The summed E-state index contributed by atoms with van der Waals surface area (Å²) in [5.41, 5.74) is -0.836. The summed E-state index contributed by atoms with van der Waals surface area (Å²) in [6, 6.07) is 0. The number of carbonyl (C=O) groups is 3. The van der Waals surface area contributed by atoms with E-state index in [1.165, 1.54) is 33.6 Å². The van der Waals surface area contributed by atoms with Crippen LogP contribution in [0.4, 0.5) is 0 Å². The van der Waals surface area contributed by atoms with Gasteiger partial charge in [0.15, 0.2) is 0 Å². The van der Waals surface area contributed by atoms with Gasteiger partial charge in [-0.25, -0.2) is 0 Å². The van der Waals surface area contributed by atoms with Crippen LogP contribution in [0, 0.1) is 39.4 Å². The Morgan fingerprint density at radius 1 is 0.791 bits per heavy atom. The Kier molecular flexibility index (Phi) is 7.76. The van der Waals surface area contributed by atoms with Crippen molar-refractivity contribution in [1.29, 1.82) is 0 Å². The second-order valence-corrected chi connectivity index (χ2v) is 17.0. The summed E-state index contributed by atoms with van der Waals surface area (Å²) in [6.45, 7) is 22.6. The number of rotatable bonds is 8. The summed E-state index contributed by atoms with van der Waals surface area (Å²) in [6.07, 6.45) is 9.81. The van der Waals surface area contributed by atoms with Gasteiger partial charge in [0.2, 0.25) is 0 Å². The van der Waals surface area contributed by atoms with E-state index < -0.39 is 11.7 Å². The van der Waals surface area contributed by atoms with Gasteiger partial charge >= 0.3 is 17.9 Å². The molecule has 5 fully saturated rings. The van der Waals surface area contributed by atoms with Crippen molar-refractivity contribution >= 4 is 17.9 Å². The van der Waals surface area contributed by atoms with Crippen molar-refractivity contribution in [3.63, 3.8) is 0 Å². The topological polar surface area (TPSA) is 91.4 Å². The van der Waals surface area contributed by atoms with E-state index >= 15 is 0 Å². The molecular formula is C36H58O7. The van der Waals surface area contributed by atoms with Crippen molar-refractivity contribution in [3.05, 3.63) is 0 Å². The third kappa shape index (κ3) is 4.47. The zero-order valence-electron chi connectivity index (χ0n) is 28.8. The van der Waals surface area contributed by atoms with Crippen LogP contribution in [0.25, 0.3) is 0 Å². The number of hydrogen-bond acceptors (Lipinski definition) is 7. The van der Waals surface area contributed by atoms with Gasteiger partial charge in [-0.2, -0.15) is 0 Å². The molecule has 0 spiro atoms. The average molecular weight is 603 g/mol. The maximum atomic E-state index is 12.0. The van der Waals surface area contributed by atoms with Crippen molar-refractivity contribution in [2.24, 2.45) is 39.4 Å². The Labute approximate surface area is 259 Å². The number of esters is 3. The summed E-state index contributed by atoms with van der Waals surface area (Å²) in [4.78, 5) is 35.7.